The second-order valence-corrected chi connectivity index (χ2v) is 3.77. The molecule has 98 valence electrons. The Morgan fingerprint density at radius 1 is 1.44 bits per heavy atom. The molecule has 0 aromatic heterocycles. The van der Waals surface area contributed by atoms with Gasteiger partial charge in [-0.2, -0.15) is 0 Å². The third kappa shape index (κ3) is 3.38. The molecule has 0 aliphatic heterocycles. The van der Waals surface area contributed by atoms with Crippen LogP contribution in [0.4, 0.5) is 10.5 Å². The molecule has 0 saturated heterocycles. The molecule has 0 aliphatic rings. The van der Waals surface area contributed by atoms with Gasteiger partial charge in [0.1, 0.15) is 11.8 Å². The highest BCUT2D eigenvalue weighted by Crippen LogP contribution is 2.19. The molecule has 0 aliphatic carbocycles. The van der Waals surface area contributed by atoms with Crippen LogP contribution >= 0.6 is 0 Å². The number of urea groups is 1. The Balaban J connectivity index is 2.83. The fourth-order valence-corrected chi connectivity index (χ4v) is 1.43. The minimum Gasteiger partial charge on any atom is -0.508 e. The summed E-state index contributed by atoms with van der Waals surface area (Å²) in [5.41, 5.74) is 0.507. The van der Waals surface area contributed by atoms with Crippen LogP contribution in [-0.4, -0.2) is 34.8 Å². The van der Waals surface area contributed by atoms with Gasteiger partial charge in [0, 0.05) is 18.3 Å². The van der Waals surface area contributed by atoms with Crippen LogP contribution in [0.1, 0.15) is 13.8 Å². The van der Waals surface area contributed by atoms with Gasteiger partial charge in [-0.25, -0.2) is 4.79 Å². The number of carbonyl (C=O) groups excluding carboxylic acids is 1. The van der Waals surface area contributed by atoms with Gasteiger partial charge in [-0.1, -0.05) is 6.07 Å². The standard InChI is InChI=1S/C12H16N2O4/c1-3-14(9-5-4-6-10(15)7-9)12(18)13-8(2)11(16)17/h4-8,15H,3H2,1-2H3,(H,13,18)(H,16,17)/t8-/m1/s1. The van der Waals surface area contributed by atoms with Crippen molar-refractivity contribution >= 4 is 17.7 Å². The first-order valence-electron chi connectivity index (χ1n) is 5.55. The van der Waals surface area contributed by atoms with Gasteiger partial charge in [0.15, 0.2) is 0 Å². The van der Waals surface area contributed by atoms with Crippen molar-refractivity contribution in [1.29, 1.82) is 0 Å². The van der Waals surface area contributed by atoms with Crippen molar-refractivity contribution < 1.29 is 19.8 Å². The number of hydrogen-bond donors (Lipinski definition) is 3. The molecule has 0 bridgehead atoms. The van der Waals surface area contributed by atoms with E-state index in [4.69, 9.17) is 5.11 Å². The number of carboxylic acid groups (broad SMARTS) is 1. The summed E-state index contributed by atoms with van der Waals surface area (Å²) in [7, 11) is 0. The Morgan fingerprint density at radius 3 is 2.61 bits per heavy atom. The zero-order valence-electron chi connectivity index (χ0n) is 10.3. The van der Waals surface area contributed by atoms with E-state index in [-0.39, 0.29) is 5.75 Å². The molecule has 0 unspecified atom stereocenters. The van der Waals surface area contributed by atoms with Crippen LogP contribution in [0, 0.1) is 0 Å². The van der Waals surface area contributed by atoms with E-state index in [1.54, 1.807) is 19.1 Å². The molecule has 18 heavy (non-hydrogen) atoms. The first kappa shape index (κ1) is 13.8. The van der Waals surface area contributed by atoms with Gasteiger partial charge < -0.3 is 15.5 Å². The number of phenols is 1. The molecule has 2 amide bonds. The number of aromatic hydroxyl groups is 1. The summed E-state index contributed by atoms with van der Waals surface area (Å²) in [6, 6.07) is 4.72. The molecule has 1 aromatic carbocycles. The van der Waals surface area contributed by atoms with Crippen LogP contribution in [-0.2, 0) is 4.79 Å². The van der Waals surface area contributed by atoms with Gasteiger partial charge in [-0.05, 0) is 26.0 Å². The minimum absolute atomic E-state index is 0.0463. The topological polar surface area (TPSA) is 89.9 Å². The average molecular weight is 252 g/mol. The van der Waals surface area contributed by atoms with Crippen molar-refractivity contribution in [3.63, 3.8) is 0 Å². The zero-order valence-corrected chi connectivity index (χ0v) is 10.3. The van der Waals surface area contributed by atoms with Crippen LogP contribution in [0.3, 0.4) is 0 Å². The number of aliphatic carboxylic acids is 1. The Labute approximate surface area is 105 Å². The predicted octanol–water partition coefficient (Wildman–Crippen LogP) is 1.40. The van der Waals surface area contributed by atoms with Crippen LogP contribution < -0.4 is 10.2 Å². The summed E-state index contributed by atoms with van der Waals surface area (Å²) in [6.07, 6.45) is 0. The van der Waals surface area contributed by atoms with Crippen LogP contribution in [0.2, 0.25) is 0 Å². The molecule has 0 fully saturated rings. The van der Waals surface area contributed by atoms with Crippen LogP contribution in [0.15, 0.2) is 24.3 Å². The molecule has 3 N–H and O–H groups in total. The number of carbonyl (C=O) groups is 2. The number of carboxylic acids is 1. The van der Waals surface area contributed by atoms with E-state index in [1.165, 1.54) is 24.0 Å². The smallest absolute Gasteiger partial charge is 0.325 e. The first-order valence-corrected chi connectivity index (χ1v) is 5.55. The maximum Gasteiger partial charge on any atom is 0.325 e. The van der Waals surface area contributed by atoms with E-state index in [1.807, 2.05) is 0 Å². The molecule has 1 atom stereocenters. The lowest BCUT2D eigenvalue weighted by molar-refractivity contribution is -0.138. The molecular weight excluding hydrogens is 236 g/mol. The zero-order chi connectivity index (χ0) is 13.7. The van der Waals surface area contributed by atoms with Crippen molar-refractivity contribution in [2.45, 2.75) is 19.9 Å². The highest BCUT2D eigenvalue weighted by Gasteiger charge is 2.19. The number of amides is 2. The van der Waals surface area contributed by atoms with Gasteiger partial charge in [0.05, 0.1) is 0 Å². The number of anilines is 1. The van der Waals surface area contributed by atoms with E-state index in [0.29, 0.717) is 12.2 Å². The summed E-state index contributed by atoms with van der Waals surface area (Å²) in [5, 5.41) is 20.4. The lowest BCUT2D eigenvalue weighted by atomic mass is 10.2. The fraction of sp³-hybridized carbons (Fsp3) is 0.333. The molecular formula is C12H16N2O4. The largest absolute Gasteiger partial charge is 0.508 e. The van der Waals surface area contributed by atoms with Crippen molar-refractivity contribution in [3.8, 4) is 5.75 Å². The Morgan fingerprint density at radius 2 is 2.11 bits per heavy atom. The van der Waals surface area contributed by atoms with Crippen molar-refractivity contribution in [1.82, 2.24) is 5.32 Å². The summed E-state index contributed by atoms with van der Waals surface area (Å²) in [4.78, 5) is 23.9. The maximum atomic E-state index is 11.9. The molecule has 6 nitrogen and oxygen atoms in total. The minimum atomic E-state index is -1.10. The molecule has 0 radical (unpaired) electrons. The fourth-order valence-electron chi connectivity index (χ4n) is 1.43. The molecule has 0 heterocycles. The Kier molecular flexibility index (Phi) is 4.53. The number of hydrogen-bond acceptors (Lipinski definition) is 3. The van der Waals surface area contributed by atoms with Gasteiger partial charge in [0.2, 0.25) is 0 Å². The molecule has 0 saturated carbocycles. The van der Waals surface area contributed by atoms with E-state index in [0.717, 1.165) is 0 Å². The normalized spacial score (nSPS) is 11.7. The summed E-state index contributed by atoms with van der Waals surface area (Å²) < 4.78 is 0. The Hall–Kier alpha value is -2.24. The van der Waals surface area contributed by atoms with E-state index < -0.39 is 18.0 Å². The second-order valence-electron chi connectivity index (χ2n) is 3.77. The van der Waals surface area contributed by atoms with E-state index >= 15 is 0 Å². The number of nitrogens with one attached hydrogen (secondary N) is 1. The highest BCUT2D eigenvalue weighted by atomic mass is 16.4. The van der Waals surface area contributed by atoms with Gasteiger partial charge in [-0.15, -0.1) is 0 Å². The number of nitrogens with zero attached hydrogens (tertiary/aromatic N) is 1. The lowest BCUT2D eigenvalue weighted by Gasteiger charge is -2.22. The monoisotopic (exact) mass is 252 g/mol. The quantitative estimate of drug-likeness (QED) is 0.755. The van der Waals surface area contributed by atoms with Crippen molar-refractivity contribution in [2.75, 3.05) is 11.4 Å². The number of benzene rings is 1. The molecule has 1 rings (SSSR count). The van der Waals surface area contributed by atoms with Crippen molar-refractivity contribution in [2.24, 2.45) is 0 Å². The molecule has 6 heteroatoms. The summed E-state index contributed by atoms with van der Waals surface area (Å²) in [5.74, 6) is -1.06. The third-order valence-corrected chi connectivity index (χ3v) is 2.41. The number of rotatable bonds is 4. The lowest BCUT2D eigenvalue weighted by Crippen LogP contribution is -2.46. The van der Waals surface area contributed by atoms with Crippen LogP contribution in [0.5, 0.6) is 5.75 Å². The molecule has 1 aromatic rings. The highest BCUT2D eigenvalue weighted by molar-refractivity contribution is 5.94. The van der Waals surface area contributed by atoms with Gasteiger partial charge in [0.25, 0.3) is 0 Å². The summed E-state index contributed by atoms with van der Waals surface area (Å²) >= 11 is 0. The number of phenolic OH excluding ortho intramolecular Hbond substituents is 1. The van der Waals surface area contributed by atoms with Crippen molar-refractivity contribution in [3.05, 3.63) is 24.3 Å². The SMILES string of the molecule is CCN(C(=O)N[C@H](C)C(=O)O)c1cccc(O)c1. The third-order valence-electron chi connectivity index (χ3n) is 2.41. The average Bonchev–Trinajstić information content (AvgIpc) is 2.29. The Bertz CT molecular complexity index is 447. The molecule has 0 spiro atoms. The first-order chi connectivity index (χ1) is 8.45. The maximum absolute atomic E-state index is 11.9. The van der Waals surface area contributed by atoms with Crippen LogP contribution in [0.25, 0.3) is 0 Å². The van der Waals surface area contributed by atoms with Gasteiger partial charge >= 0.3 is 12.0 Å². The predicted molar refractivity (Wildman–Crippen MR) is 66.8 cm³/mol. The van der Waals surface area contributed by atoms with Gasteiger partial charge in [-0.3, -0.25) is 9.69 Å². The van der Waals surface area contributed by atoms with E-state index in [9.17, 15) is 14.7 Å². The van der Waals surface area contributed by atoms with E-state index in [2.05, 4.69) is 5.32 Å². The summed E-state index contributed by atoms with van der Waals surface area (Å²) in [6.45, 7) is 3.51. The second kappa shape index (κ2) is 5.90.